The number of nitro groups is 1. The van der Waals surface area contributed by atoms with Gasteiger partial charge < -0.3 is 10.8 Å². The van der Waals surface area contributed by atoms with Crippen molar-refractivity contribution < 1.29 is 10.0 Å². The van der Waals surface area contributed by atoms with Gasteiger partial charge in [-0.3, -0.25) is 10.1 Å². The zero-order valence-corrected chi connectivity index (χ0v) is 11.4. The molecular formula is C10H11Cl3N2O3. The second-order valence-corrected chi connectivity index (χ2v) is 6.12. The van der Waals surface area contributed by atoms with Crippen LogP contribution in [0.4, 0.5) is 5.69 Å². The van der Waals surface area contributed by atoms with E-state index < -0.39 is 20.9 Å². The van der Waals surface area contributed by atoms with Gasteiger partial charge in [0.05, 0.1) is 17.1 Å². The van der Waals surface area contributed by atoms with Gasteiger partial charge in [-0.2, -0.15) is 0 Å². The Bertz CT molecular complexity index is 419. The first kappa shape index (κ1) is 15.5. The fourth-order valence-electron chi connectivity index (χ4n) is 1.33. The molecule has 0 bridgehead atoms. The fraction of sp³-hybridized carbons (Fsp3) is 0.400. The van der Waals surface area contributed by atoms with Crippen LogP contribution in [0.25, 0.3) is 0 Å². The first-order chi connectivity index (χ1) is 8.21. The molecule has 1 rings (SSSR count). The Kier molecular flexibility index (Phi) is 5.19. The number of non-ortho nitro benzene ring substituents is 1. The molecule has 18 heavy (non-hydrogen) atoms. The smallest absolute Gasteiger partial charge is 0.269 e. The van der Waals surface area contributed by atoms with Crippen LogP contribution in [-0.4, -0.2) is 19.9 Å². The van der Waals surface area contributed by atoms with Gasteiger partial charge >= 0.3 is 0 Å². The molecule has 0 heterocycles. The zero-order valence-electron chi connectivity index (χ0n) is 9.09. The number of hydrogen-bond acceptors (Lipinski definition) is 4. The third-order valence-corrected chi connectivity index (χ3v) is 3.23. The second kappa shape index (κ2) is 6.04. The number of nitro benzene ring substituents is 1. The van der Waals surface area contributed by atoms with Crippen LogP contribution >= 0.6 is 34.8 Å². The van der Waals surface area contributed by atoms with E-state index in [-0.39, 0.29) is 12.1 Å². The van der Waals surface area contributed by atoms with E-state index in [1.807, 2.05) is 0 Å². The Morgan fingerprint density at radius 3 is 2.22 bits per heavy atom. The van der Waals surface area contributed by atoms with Gasteiger partial charge in [0, 0.05) is 12.1 Å². The largest absolute Gasteiger partial charge is 0.388 e. The lowest BCUT2D eigenvalue weighted by atomic mass is 10.0. The molecule has 5 nitrogen and oxygen atoms in total. The summed E-state index contributed by atoms with van der Waals surface area (Å²) < 4.78 is -1.66. The Labute approximate surface area is 119 Å². The van der Waals surface area contributed by atoms with Crippen molar-refractivity contribution >= 4 is 40.5 Å². The third-order valence-electron chi connectivity index (χ3n) is 2.39. The number of rotatable bonds is 4. The Hall–Kier alpha value is -0.590. The lowest BCUT2D eigenvalue weighted by Gasteiger charge is -2.22. The Morgan fingerprint density at radius 2 is 1.83 bits per heavy atom. The third kappa shape index (κ3) is 4.26. The molecule has 0 amide bonds. The molecule has 0 aliphatic carbocycles. The van der Waals surface area contributed by atoms with Crippen LogP contribution in [-0.2, 0) is 0 Å². The van der Waals surface area contributed by atoms with Crippen LogP contribution in [0.2, 0.25) is 0 Å². The van der Waals surface area contributed by atoms with E-state index in [2.05, 4.69) is 0 Å². The number of halogens is 3. The molecule has 1 aromatic carbocycles. The molecular weight excluding hydrogens is 302 g/mol. The topological polar surface area (TPSA) is 89.4 Å². The van der Waals surface area contributed by atoms with E-state index in [1.165, 1.54) is 24.3 Å². The SMILES string of the molecule is N[C@@H](C[C@@H](O)c1ccc([N+](=O)[O-])cc1)C(Cl)(Cl)Cl. The number of aliphatic hydroxyl groups excluding tert-OH is 1. The van der Waals surface area contributed by atoms with Gasteiger partial charge in [0.1, 0.15) is 0 Å². The van der Waals surface area contributed by atoms with Crippen LogP contribution in [0.1, 0.15) is 18.1 Å². The number of nitrogens with two attached hydrogens (primary N) is 1. The summed E-state index contributed by atoms with van der Waals surface area (Å²) in [5, 5.41) is 20.3. The standard InChI is InChI=1S/C10H11Cl3N2O3/c11-10(12,13)9(14)5-8(16)6-1-3-7(4-2-6)15(17)18/h1-4,8-9,16H,5,14H2/t8-,9+/m1/s1. The van der Waals surface area contributed by atoms with Gasteiger partial charge in [-0.05, 0) is 24.1 Å². The number of aliphatic hydroxyl groups is 1. The summed E-state index contributed by atoms with van der Waals surface area (Å²) in [6.45, 7) is 0. The average molecular weight is 314 g/mol. The van der Waals surface area contributed by atoms with E-state index >= 15 is 0 Å². The normalized spacial score (nSPS) is 15.2. The predicted molar refractivity (Wildman–Crippen MR) is 70.9 cm³/mol. The van der Waals surface area contributed by atoms with Crippen molar-refractivity contribution in [1.29, 1.82) is 0 Å². The van der Waals surface area contributed by atoms with Crippen molar-refractivity contribution in [3.63, 3.8) is 0 Å². The maximum atomic E-state index is 10.5. The van der Waals surface area contributed by atoms with Crippen molar-refractivity contribution in [2.24, 2.45) is 5.73 Å². The average Bonchev–Trinajstić information content (AvgIpc) is 2.27. The van der Waals surface area contributed by atoms with Gasteiger partial charge in [-0.1, -0.05) is 34.8 Å². The summed E-state index contributed by atoms with van der Waals surface area (Å²) in [4.78, 5) is 9.94. The van der Waals surface area contributed by atoms with Crippen LogP contribution in [0, 0.1) is 10.1 Å². The predicted octanol–water partition coefficient (Wildman–Crippen LogP) is 2.72. The quantitative estimate of drug-likeness (QED) is 0.508. The maximum Gasteiger partial charge on any atom is 0.269 e. The molecule has 0 fully saturated rings. The minimum Gasteiger partial charge on any atom is -0.388 e. The fourth-order valence-corrected chi connectivity index (χ4v) is 1.60. The van der Waals surface area contributed by atoms with Gasteiger partial charge in [0.25, 0.3) is 5.69 Å². The number of benzene rings is 1. The minimum absolute atomic E-state index is 0.0360. The summed E-state index contributed by atoms with van der Waals surface area (Å²) in [6.07, 6.45) is -0.912. The van der Waals surface area contributed by atoms with Crippen LogP contribution in [0.15, 0.2) is 24.3 Å². The highest BCUT2D eigenvalue weighted by atomic mass is 35.6. The highest BCUT2D eigenvalue weighted by Crippen LogP contribution is 2.33. The molecule has 8 heteroatoms. The highest BCUT2D eigenvalue weighted by molar-refractivity contribution is 6.68. The van der Waals surface area contributed by atoms with E-state index in [1.54, 1.807) is 0 Å². The number of hydrogen-bond donors (Lipinski definition) is 2. The maximum absolute atomic E-state index is 10.5. The molecule has 100 valence electrons. The summed E-state index contributed by atoms with van der Waals surface area (Å²) in [7, 11) is 0. The second-order valence-electron chi connectivity index (χ2n) is 3.75. The molecule has 0 spiro atoms. The molecule has 3 N–H and O–H groups in total. The lowest BCUT2D eigenvalue weighted by Crippen LogP contribution is -2.36. The van der Waals surface area contributed by atoms with Gasteiger partial charge in [0.15, 0.2) is 0 Å². The van der Waals surface area contributed by atoms with Gasteiger partial charge in [0.2, 0.25) is 3.79 Å². The molecule has 0 radical (unpaired) electrons. The van der Waals surface area contributed by atoms with E-state index in [4.69, 9.17) is 40.5 Å². The molecule has 2 atom stereocenters. The van der Waals surface area contributed by atoms with Crippen molar-refractivity contribution in [2.75, 3.05) is 0 Å². The van der Waals surface area contributed by atoms with Gasteiger partial charge in [-0.15, -0.1) is 0 Å². The Morgan fingerprint density at radius 1 is 1.33 bits per heavy atom. The van der Waals surface area contributed by atoms with E-state index in [0.717, 1.165) is 0 Å². The van der Waals surface area contributed by atoms with Crippen molar-refractivity contribution in [2.45, 2.75) is 22.4 Å². The Balaban J connectivity index is 2.73. The van der Waals surface area contributed by atoms with E-state index in [0.29, 0.717) is 5.56 Å². The summed E-state index contributed by atoms with van der Waals surface area (Å²) in [5.41, 5.74) is 6.02. The van der Waals surface area contributed by atoms with Crippen molar-refractivity contribution in [1.82, 2.24) is 0 Å². The van der Waals surface area contributed by atoms with Crippen LogP contribution in [0.3, 0.4) is 0 Å². The highest BCUT2D eigenvalue weighted by Gasteiger charge is 2.31. The molecule has 0 saturated carbocycles. The molecule has 1 aromatic rings. The molecule has 0 unspecified atom stereocenters. The van der Waals surface area contributed by atoms with Gasteiger partial charge in [-0.25, -0.2) is 0 Å². The zero-order chi connectivity index (χ0) is 13.9. The monoisotopic (exact) mass is 312 g/mol. The number of alkyl halides is 3. The minimum atomic E-state index is -1.66. The first-order valence-electron chi connectivity index (χ1n) is 4.96. The summed E-state index contributed by atoms with van der Waals surface area (Å²) >= 11 is 16.8. The molecule has 0 saturated heterocycles. The van der Waals surface area contributed by atoms with Crippen molar-refractivity contribution in [3.8, 4) is 0 Å². The summed E-state index contributed by atoms with van der Waals surface area (Å²) in [6, 6.07) is 4.62. The first-order valence-corrected chi connectivity index (χ1v) is 6.10. The molecule has 0 aliphatic heterocycles. The van der Waals surface area contributed by atoms with Crippen LogP contribution in [0.5, 0.6) is 0 Å². The van der Waals surface area contributed by atoms with E-state index in [9.17, 15) is 15.2 Å². The molecule has 0 aromatic heterocycles. The molecule has 0 aliphatic rings. The van der Waals surface area contributed by atoms with Crippen LogP contribution < -0.4 is 5.73 Å². The summed E-state index contributed by atoms with van der Waals surface area (Å²) in [5.74, 6) is 0. The lowest BCUT2D eigenvalue weighted by molar-refractivity contribution is -0.384. The van der Waals surface area contributed by atoms with Crippen molar-refractivity contribution in [3.05, 3.63) is 39.9 Å². The number of nitrogens with zero attached hydrogens (tertiary/aromatic N) is 1.